The van der Waals surface area contributed by atoms with Crippen LogP contribution < -0.4 is 9.47 Å². The number of carbonyl (C=O) groups excluding carboxylic acids is 2. The van der Waals surface area contributed by atoms with Crippen LogP contribution in [0.15, 0.2) is 35.7 Å². The molecule has 0 spiro atoms. The highest BCUT2D eigenvalue weighted by atomic mass is 32.1. The van der Waals surface area contributed by atoms with Crippen LogP contribution in [0.3, 0.4) is 0 Å². The van der Waals surface area contributed by atoms with Gasteiger partial charge in [0.05, 0.1) is 19.7 Å². The molecule has 7 heteroatoms. The van der Waals surface area contributed by atoms with E-state index in [2.05, 4.69) is 11.4 Å². The molecule has 1 aliphatic heterocycles. The fraction of sp³-hybridized carbons (Fsp3) is 0.500. The second-order valence-electron chi connectivity index (χ2n) is 8.19. The summed E-state index contributed by atoms with van der Waals surface area (Å²) in [6, 6.07) is 9.46. The smallest absolute Gasteiger partial charge is 0.242 e. The molecule has 1 aromatic carbocycles. The van der Waals surface area contributed by atoms with Gasteiger partial charge in [0.15, 0.2) is 11.5 Å². The number of amides is 2. The van der Waals surface area contributed by atoms with Gasteiger partial charge in [-0.15, -0.1) is 11.3 Å². The number of ether oxygens (including phenoxy) is 2. The van der Waals surface area contributed by atoms with Crippen molar-refractivity contribution >= 4 is 23.2 Å². The molecule has 2 aromatic rings. The average molecular weight is 443 g/mol. The number of hydrogen-bond donors (Lipinski definition) is 0. The number of fused-ring (bicyclic) bond motifs is 1. The van der Waals surface area contributed by atoms with E-state index in [4.69, 9.17) is 9.47 Å². The maximum absolute atomic E-state index is 13.4. The van der Waals surface area contributed by atoms with Gasteiger partial charge in [-0.25, -0.2) is 0 Å². The Morgan fingerprint density at radius 2 is 1.97 bits per heavy atom. The van der Waals surface area contributed by atoms with Gasteiger partial charge < -0.3 is 19.3 Å². The van der Waals surface area contributed by atoms with Gasteiger partial charge in [-0.1, -0.05) is 19.1 Å². The molecule has 0 N–H and O–H groups in total. The van der Waals surface area contributed by atoms with E-state index in [1.807, 2.05) is 36.1 Å². The molecule has 6 nitrogen and oxygen atoms in total. The van der Waals surface area contributed by atoms with Gasteiger partial charge in [0.25, 0.3) is 0 Å². The predicted octanol–water partition coefficient (Wildman–Crippen LogP) is 3.91. The second-order valence-corrected chi connectivity index (χ2v) is 9.19. The van der Waals surface area contributed by atoms with Gasteiger partial charge in [0.1, 0.15) is 6.61 Å². The topological polar surface area (TPSA) is 59.1 Å². The van der Waals surface area contributed by atoms with Gasteiger partial charge in [-0.3, -0.25) is 9.59 Å². The largest absolute Gasteiger partial charge is 0.493 e. The third-order valence-electron chi connectivity index (χ3n) is 6.04. The molecule has 31 heavy (non-hydrogen) atoms. The fourth-order valence-corrected chi connectivity index (χ4v) is 5.05. The van der Waals surface area contributed by atoms with Crippen LogP contribution in [0.4, 0.5) is 0 Å². The zero-order valence-corrected chi connectivity index (χ0v) is 19.0. The average Bonchev–Trinajstić information content (AvgIpc) is 3.48. The number of benzene rings is 1. The lowest BCUT2D eigenvalue weighted by Crippen LogP contribution is -2.48. The minimum absolute atomic E-state index is 0.00655. The number of nitrogens with zero attached hydrogens (tertiary/aromatic N) is 2. The highest BCUT2D eigenvalue weighted by Crippen LogP contribution is 2.35. The van der Waals surface area contributed by atoms with Crippen LogP contribution in [0.25, 0.3) is 0 Å². The summed E-state index contributed by atoms with van der Waals surface area (Å²) in [5, 5.41) is 2.08. The first-order chi connectivity index (χ1) is 15.1. The van der Waals surface area contributed by atoms with Gasteiger partial charge in [-0.2, -0.15) is 0 Å². The predicted molar refractivity (Wildman–Crippen MR) is 121 cm³/mol. The molecule has 1 atom stereocenters. The number of methoxy groups -OCH3 is 1. The fourth-order valence-electron chi connectivity index (χ4n) is 4.13. The lowest BCUT2D eigenvalue weighted by molar-refractivity contribution is -0.142. The van der Waals surface area contributed by atoms with Gasteiger partial charge in [0.2, 0.25) is 11.8 Å². The van der Waals surface area contributed by atoms with E-state index >= 15 is 0 Å². The van der Waals surface area contributed by atoms with Crippen molar-refractivity contribution in [2.75, 3.05) is 33.4 Å². The number of hydrogen-bond acceptors (Lipinski definition) is 5. The zero-order chi connectivity index (χ0) is 21.8. The number of carbonyl (C=O) groups is 2. The van der Waals surface area contributed by atoms with Crippen LogP contribution in [0.1, 0.15) is 42.7 Å². The van der Waals surface area contributed by atoms with Crippen molar-refractivity contribution in [3.05, 3.63) is 46.2 Å². The number of thiophene rings is 1. The van der Waals surface area contributed by atoms with Crippen LogP contribution in [0.2, 0.25) is 0 Å². The van der Waals surface area contributed by atoms with E-state index < -0.39 is 0 Å². The van der Waals surface area contributed by atoms with Crippen LogP contribution in [0, 0.1) is 5.92 Å². The Balaban J connectivity index is 1.50. The summed E-state index contributed by atoms with van der Waals surface area (Å²) in [6.45, 7) is 3.69. The summed E-state index contributed by atoms with van der Waals surface area (Å²) < 4.78 is 11.5. The molecule has 0 radical (unpaired) electrons. The Morgan fingerprint density at radius 1 is 1.19 bits per heavy atom. The van der Waals surface area contributed by atoms with Crippen LogP contribution in [-0.2, 0) is 16.0 Å². The first-order valence-electron chi connectivity index (χ1n) is 11.0. The molecule has 0 bridgehead atoms. The molecule has 1 saturated carbocycles. The van der Waals surface area contributed by atoms with Gasteiger partial charge in [-0.05, 0) is 54.3 Å². The molecule has 1 aliphatic carbocycles. The Bertz CT molecular complexity index is 924. The molecule has 2 amide bonds. The van der Waals surface area contributed by atoms with Crippen LogP contribution >= 0.6 is 11.3 Å². The van der Waals surface area contributed by atoms with Crippen molar-refractivity contribution in [2.24, 2.45) is 5.92 Å². The molecule has 0 saturated heterocycles. The Hall–Kier alpha value is -2.54. The zero-order valence-electron chi connectivity index (χ0n) is 18.2. The van der Waals surface area contributed by atoms with Crippen LogP contribution in [0.5, 0.6) is 11.5 Å². The molecular weight excluding hydrogens is 412 g/mol. The first kappa shape index (κ1) is 21.7. The van der Waals surface area contributed by atoms with Gasteiger partial charge >= 0.3 is 0 Å². The minimum atomic E-state index is -0.174. The normalized spacial score (nSPS) is 17.7. The molecule has 1 aromatic heterocycles. The molecule has 1 fully saturated rings. The molecule has 166 valence electrons. The standard InChI is InChI=1S/C24H30N2O4S/c1-3-23(27)25(14-17-8-9-17)15-24(28)26-12-10-22-18(11-13-31-22)19(26)16-30-21-7-5-4-6-20(21)29-2/h4-7,11,13,17,19H,3,8-10,12,14-16H2,1-2H3. The van der Waals surface area contributed by atoms with E-state index in [0.29, 0.717) is 43.5 Å². The first-order valence-corrected chi connectivity index (χ1v) is 11.9. The van der Waals surface area contributed by atoms with Crippen molar-refractivity contribution < 1.29 is 19.1 Å². The maximum atomic E-state index is 13.4. The van der Waals surface area contributed by atoms with E-state index in [1.54, 1.807) is 23.3 Å². The Labute approximate surface area is 187 Å². The van der Waals surface area contributed by atoms with E-state index in [0.717, 1.165) is 24.8 Å². The van der Waals surface area contributed by atoms with E-state index in [1.165, 1.54) is 4.88 Å². The summed E-state index contributed by atoms with van der Waals surface area (Å²) in [5.41, 5.74) is 1.15. The van der Waals surface area contributed by atoms with Crippen molar-refractivity contribution in [1.82, 2.24) is 9.80 Å². The van der Waals surface area contributed by atoms with Crippen LogP contribution in [-0.4, -0.2) is 55.0 Å². The van der Waals surface area contributed by atoms with Crippen molar-refractivity contribution in [3.8, 4) is 11.5 Å². The summed E-state index contributed by atoms with van der Waals surface area (Å²) in [4.78, 5) is 30.7. The summed E-state index contributed by atoms with van der Waals surface area (Å²) in [5.74, 6) is 1.93. The monoisotopic (exact) mass is 442 g/mol. The lowest BCUT2D eigenvalue weighted by Gasteiger charge is -2.37. The van der Waals surface area contributed by atoms with Crippen molar-refractivity contribution in [1.29, 1.82) is 0 Å². The summed E-state index contributed by atoms with van der Waals surface area (Å²) in [6.07, 6.45) is 3.57. The minimum Gasteiger partial charge on any atom is -0.493 e. The second kappa shape index (κ2) is 9.73. The molecule has 1 unspecified atom stereocenters. The third-order valence-corrected chi connectivity index (χ3v) is 7.03. The van der Waals surface area contributed by atoms with Crippen molar-refractivity contribution in [3.63, 3.8) is 0 Å². The van der Waals surface area contributed by atoms with Gasteiger partial charge in [0, 0.05) is 24.4 Å². The maximum Gasteiger partial charge on any atom is 0.242 e. The summed E-state index contributed by atoms with van der Waals surface area (Å²) in [7, 11) is 1.62. The SMILES string of the molecule is CCC(=O)N(CC(=O)N1CCc2sccc2C1COc1ccccc1OC)CC1CC1. The highest BCUT2D eigenvalue weighted by Gasteiger charge is 2.34. The van der Waals surface area contributed by atoms with E-state index in [9.17, 15) is 9.59 Å². The Morgan fingerprint density at radius 3 is 2.68 bits per heavy atom. The lowest BCUT2D eigenvalue weighted by atomic mass is 10.0. The molecular formula is C24H30N2O4S. The quantitative estimate of drug-likeness (QED) is 0.591. The number of para-hydroxylation sites is 2. The molecule has 2 aliphatic rings. The van der Waals surface area contributed by atoms with E-state index in [-0.39, 0.29) is 24.4 Å². The molecule has 2 heterocycles. The van der Waals surface area contributed by atoms with Crippen molar-refractivity contribution in [2.45, 2.75) is 38.6 Å². The molecule has 4 rings (SSSR count). The summed E-state index contributed by atoms with van der Waals surface area (Å²) >= 11 is 1.73. The third kappa shape index (κ3) is 5.03. The highest BCUT2D eigenvalue weighted by molar-refractivity contribution is 7.10. The Kier molecular flexibility index (Phi) is 6.80. The number of rotatable bonds is 9.